The van der Waals surface area contributed by atoms with Gasteiger partial charge >= 0.3 is 0 Å². The largest absolute Gasteiger partial charge is 0.341 e. The van der Waals surface area contributed by atoms with E-state index < -0.39 is 0 Å². The number of nitrogens with zero attached hydrogens (tertiary/aromatic N) is 1. The Morgan fingerprint density at radius 2 is 1.94 bits per heavy atom. The van der Waals surface area contributed by atoms with Gasteiger partial charge in [-0.2, -0.15) is 11.8 Å². The molecule has 16 heavy (non-hydrogen) atoms. The Morgan fingerprint density at radius 3 is 2.50 bits per heavy atom. The molecule has 0 atom stereocenters. The van der Waals surface area contributed by atoms with Gasteiger partial charge in [0.15, 0.2) is 0 Å². The first-order valence-corrected chi connectivity index (χ1v) is 7.52. The van der Waals surface area contributed by atoms with Gasteiger partial charge < -0.3 is 10.2 Å². The van der Waals surface area contributed by atoms with Crippen LogP contribution in [0.3, 0.4) is 0 Å². The van der Waals surface area contributed by atoms with Gasteiger partial charge in [-0.15, -0.1) is 0 Å². The second-order valence-corrected chi connectivity index (χ2v) is 6.01. The van der Waals surface area contributed by atoms with Crippen molar-refractivity contribution in [3.8, 4) is 0 Å². The van der Waals surface area contributed by atoms with E-state index in [1.54, 1.807) is 0 Å². The van der Waals surface area contributed by atoms with E-state index in [9.17, 15) is 4.79 Å². The van der Waals surface area contributed by atoms with Crippen LogP contribution in [0.25, 0.3) is 0 Å². The highest BCUT2D eigenvalue weighted by Gasteiger charge is 2.40. The topological polar surface area (TPSA) is 32.3 Å². The molecule has 0 radical (unpaired) electrons. The molecule has 0 aromatic carbocycles. The normalized spacial score (nSPS) is 25.4. The lowest BCUT2D eigenvalue weighted by molar-refractivity contribution is -0.143. The van der Waals surface area contributed by atoms with Crippen molar-refractivity contribution in [2.75, 3.05) is 37.7 Å². The summed E-state index contributed by atoms with van der Waals surface area (Å²) in [6.07, 6.45) is 3.04. The predicted octanol–water partition coefficient (Wildman–Crippen LogP) is 1.34. The number of rotatable bonds is 2. The zero-order chi connectivity index (χ0) is 11.4. The third kappa shape index (κ3) is 2.38. The molecule has 2 aliphatic rings. The molecule has 1 N–H and O–H groups in total. The van der Waals surface area contributed by atoms with Crippen molar-refractivity contribution < 1.29 is 4.79 Å². The number of amides is 1. The molecule has 3 nitrogen and oxygen atoms in total. The zero-order valence-electron chi connectivity index (χ0n) is 10.1. The fourth-order valence-electron chi connectivity index (χ4n) is 2.73. The Labute approximate surface area is 102 Å². The molecule has 0 unspecified atom stereocenters. The second kappa shape index (κ2) is 5.41. The lowest BCUT2D eigenvalue weighted by atomic mass is 9.75. The van der Waals surface area contributed by atoms with Crippen molar-refractivity contribution in [3.63, 3.8) is 0 Å². The first-order valence-electron chi connectivity index (χ1n) is 6.36. The van der Waals surface area contributed by atoms with Crippen LogP contribution in [-0.2, 0) is 4.79 Å². The van der Waals surface area contributed by atoms with E-state index in [4.69, 9.17) is 0 Å². The maximum atomic E-state index is 12.6. The third-order valence-corrected chi connectivity index (χ3v) is 4.93. The van der Waals surface area contributed by atoms with Crippen molar-refractivity contribution >= 4 is 17.7 Å². The number of thioether (sulfide) groups is 1. The van der Waals surface area contributed by atoms with Gasteiger partial charge in [0.2, 0.25) is 5.91 Å². The van der Waals surface area contributed by atoms with Crippen molar-refractivity contribution in [2.24, 2.45) is 5.41 Å². The van der Waals surface area contributed by atoms with Gasteiger partial charge in [-0.05, 0) is 32.4 Å². The molecule has 0 saturated carbocycles. The van der Waals surface area contributed by atoms with Crippen molar-refractivity contribution in [1.82, 2.24) is 10.2 Å². The standard InChI is InChI=1S/C12H22N2OS/c1-2-12(3-5-13-6-4-12)11(15)14-7-9-16-10-8-14/h13H,2-10H2,1H3. The van der Waals surface area contributed by atoms with Crippen LogP contribution in [0.2, 0.25) is 0 Å². The Kier molecular flexibility index (Phi) is 4.14. The molecule has 92 valence electrons. The van der Waals surface area contributed by atoms with Crippen LogP contribution >= 0.6 is 11.8 Å². The first kappa shape index (κ1) is 12.2. The maximum Gasteiger partial charge on any atom is 0.228 e. The summed E-state index contributed by atoms with van der Waals surface area (Å²) in [4.78, 5) is 14.7. The Hall–Kier alpha value is -0.220. The maximum absolute atomic E-state index is 12.6. The summed E-state index contributed by atoms with van der Waals surface area (Å²) in [5, 5.41) is 3.36. The molecule has 0 bridgehead atoms. The van der Waals surface area contributed by atoms with Crippen LogP contribution in [0.5, 0.6) is 0 Å². The molecular formula is C12H22N2OS. The number of hydrogen-bond acceptors (Lipinski definition) is 3. The predicted molar refractivity (Wildman–Crippen MR) is 68.7 cm³/mol. The molecule has 1 amide bonds. The number of hydrogen-bond donors (Lipinski definition) is 1. The van der Waals surface area contributed by atoms with Crippen molar-refractivity contribution in [3.05, 3.63) is 0 Å². The summed E-state index contributed by atoms with van der Waals surface area (Å²) in [7, 11) is 0. The molecule has 2 saturated heterocycles. The van der Waals surface area contributed by atoms with Gasteiger partial charge in [0, 0.05) is 24.6 Å². The van der Waals surface area contributed by atoms with E-state index in [-0.39, 0.29) is 5.41 Å². The van der Waals surface area contributed by atoms with Gasteiger partial charge in [0.1, 0.15) is 0 Å². The number of carbonyl (C=O) groups excluding carboxylic acids is 1. The summed E-state index contributed by atoms with van der Waals surface area (Å²) in [6, 6.07) is 0. The summed E-state index contributed by atoms with van der Waals surface area (Å²) in [5.41, 5.74) is -0.0484. The summed E-state index contributed by atoms with van der Waals surface area (Å²) in [5.74, 6) is 2.66. The highest BCUT2D eigenvalue weighted by molar-refractivity contribution is 7.99. The van der Waals surface area contributed by atoms with Gasteiger partial charge in [0.05, 0.1) is 5.41 Å². The molecule has 0 spiro atoms. The van der Waals surface area contributed by atoms with E-state index in [0.29, 0.717) is 5.91 Å². The Morgan fingerprint density at radius 1 is 1.31 bits per heavy atom. The van der Waals surface area contributed by atoms with Gasteiger partial charge in [-0.25, -0.2) is 0 Å². The number of nitrogens with one attached hydrogen (secondary N) is 1. The minimum absolute atomic E-state index is 0.0484. The van der Waals surface area contributed by atoms with E-state index in [1.165, 1.54) is 0 Å². The lowest BCUT2D eigenvalue weighted by Crippen LogP contribution is -2.51. The monoisotopic (exact) mass is 242 g/mol. The Balaban J connectivity index is 2.04. The van der Waals surface area contributed by atoms with Crippen LogP contribution in [0, 0.1) is 5.41 Å². The number of piperidine rings is 1. The summed E-state index contributed by atoms with van der Waals surface area (Å²) in [6.45, 7) is 6.09. The van der Waals surface area contributed by atoms with Crippen molar-refractivity contribution in [2.45, 2.75) is 26.2 Å². The fourth-order valence-corrected chi connectivity index (χ4v) is 3.63. The van der Waals surface area contributed by atoms with E-state index in [1.807, 2.05) is 11.8 Å². The third-order valence-electron chi connectivity index (χ3n) is 3.99. The molecule has 0 aromatic rings. The first-order chi connectivity index (χ1) is 7.78. The van der Waals surface area contributed by atoms with Crippen LogP contribution in [0.4, 0.5) is 0 Å². The quantitative estimate of drug-likeness (QED) is 0.793. The van der Waals surface area contributed by atoms with Gasteiger partial charge in [0.25, 0.3) is 0 Å². The number of carbonyl (C=O) groups is 1. The average Bonchev–Trinajstić information content (AvgIpc) is 2.39. The lowest BCUT2D eigenvalue weighted by Gasteiger charge is -2.40. The molecular weight excluding hydrogens is 220 g/mol. The smallest absolute Gasteiger partial charge is 0.228 e. The molecule has 0 aliphatic carbocycles. The Bertz CT molecular complexity index is 245. The van der Waals surface area contributed by atoms with E-state index in [2.05, 4.69) is 17.1 Å². The van der Waals surface area contributed by atoms with E-state index in [0.717, 1.165) is 56.9 Å². The minimum Gasteiger partial charge on any atom is -0.341 e. The SMILES string of the molecule is CCC1(C(=O)N2CCSCC2)CCNCC1. The minimum atomic E-state index is -0.0484. The van der Waals surface area contributed by atoms with Crippen LogP contribution < -0.4 is 5.32 Å². The molecule has 2 fully saturated rings. The van der Waals surface area contributed by atoms with Gasteiger partial charge in [-0.3, -0.25) is 4.79 Å². The summed E-state index contributed by atoms with van der Waals surface area (Å²) >= 11 is 1.96. The van der Waals surface area contributed by atoms with Crippen LogP contribution in [0.1, 0.15) is 26.2 Å². The fraction of sp³-hybridized carbons (Fsp3) is 0.917. The van der Waals surface area contributed by atoms with Crippen LogP contribution in [-0.4, -0.2) is 48.5 Å². The molecule has 2 heterocycles. The van der Waals surface area contributed by atoms with Crippen molar-refractivity contribution in [1.29, 1.82) is 0 Å². The highest BCUT2D eigenvalue weighted by Crippen LogP contribution is 2.35. The summed E-state index contributed by atoms with van der Waals surface area (Å²) < 4.78 is 0. The molecule has 2 rings (SSSR count). The second-order valence-electron chi connectivity index (χ2n) is 4.79. The zero-order valence-corrected chi connectivity index (χ0v) is 10.9. The molecule has 2 aliphatic heterocycles. The molecule has 0 aromatic heterocycles. The molecule has 4 heteroatoms. The van der Waals surface area contributed by atoms with Gasteiger partial charge in [-0.1, -0.05) is 6.92 Å². The highest BCUT2D eigenvalue weighted by atomic mass is 32.2. The van der Waals surface area contributed by atoms with Crippen LogP contribution in [0.15, 0.2) is 0 Å². The van der Waals surface area contributed by atoms with E-state index >= 15 is 0 Å². The average molecular weight is 242 g/mol.